The van der Waals surface area contributed by atoms with Crippen LogP contribution in [-0.2, 0) is 4.74 Å². The molecule has 1 aromatic carbocycles. The number of alkyl carbamates (subject to hydrolysis) is 1. The van der Waals surface area contributed by atoms with Gasteiger partial charge in [0.25, 0.3) is 5.69 Å². The highest BCUT2D eigenvalue weighted by molar-refractivity contribution is 5.68. The van der Waals surface area contributed by atoms with Gasteiger partial charge in [-0.1, -0.05) is 11.8 Å². The third kappa shape index (κ3) is 5.93. The molecule has 0 aliphatic rings. The van der Waals surface area contributed by atoms with Gasteiger partial charge in [-0.25, -0.2) is 4.79 Å². The summed E-state index contributed by atoms with van der Waals surface area (Å²) in [5, 5.41) is 22.0. The highest BCUT2D eigenvalue weighted by Gasteiger charge is 2.15. The molecule has 0 radical (unpaired) electrons. The molecule has 7 nitrogen and oxygen atoms in total. The minimum Gasteiger partial charge on any atom is -0.444 e. The maximum absolute atomic E-state index is 11.4. The quantitative estimate of drug-likeness (QED) is 0.512. The molecular formula is C15H15N3O4. The van der Waals surface area contributed by atoms with Crippen LogP contribution in [0.2, 0.25) is 0 Å². The van der Waals surface area contributed by atoms with E-state index in [4.69, 9.17) is 10.00 Å². The Morgan fingerprint density at radius 3 is 2.55 bits per heavy atom. The van der Waals surface area contributed by atoms with Crippen LogP contribution in [0, 0.1) is 33.3 Å². The molecule has 1 N–H and O–H groups in total. The van der Waals surface area contributed by atoms with Gasteiger partial charge >= 0.3 is 6.09 Å². The van der Waals surface area contributed by atoms with Crippen LogP contribution in [0.1, 0.15) is 31.9 Å². The zero-order chi connectivity index (χ0) is 16.8. The Balaban J connectivity index is 2.73. The summed E-state index contributed by atoms with van der Waals surface area (Å²) in [6, 6.07) is 5.71. The number of nitrogens with one attached hydrogen (secondary N) is 1. The van der Waals surface area contributed by atoms with Gasteiger partial charge in [-0.05, 0) is 26.8 Å². The summed E-state index contributed by atoms with van der Waals surface area (Å²) in [5.74, 6) is 5.30. The fourth-order valence-corrected chi connectivity index (χ4v) is 1.43. The first-order chi connectivity index (χ1) is 10.2. The van der Waals surface area contributed by atoms with Crippen molar-refractivity contribution < 1.29 is 14.5 Å². The summed E-state index contributed by atoms with van der Waals surface area (Å²) in [6.45, 7) is 5.25. The number of nitriles is 1. The van der Waals surface area contributed by atoms with Crippen molar-refractivity contribution in [1.29, 1.82) is 5.26 Å². The maximum Gasteiger partial charge on any atom is 0.408 e. The molecule has 0 fully saturated rings. The number of benzene rings is 1. The minimum atomic E-state index is -0.599. The maximum atomic E-state index is 11.4. The number of non-ortho nitro benzene ring substituents is 1. The third-order valence-corrected chi connectivity index (χ3v) is 2.21. The molecule has 0 bridgehead atoms. The van der Waals surface area contributed by atoms with E-state index in [2.05, 4.69) is 17.2 Å². The number of nitro benzene ring substituents is 1. The lowest BCUT2D eigenvalue weighted by atomic mass is 10.1. The van der Waals surface area contributed by atoms with E-state index in [-0.39, 0.29) is 17.8 Å². The predicted octanol–water partition coefficient (Wildman–Crippen LogP) is 2.34. The molecule has 0 aliphatic heterocycles. The van der Waals surface area contributed by atoms with Crippen LogP contribution in [0.15, 0.2) is 18.2 Å². The van der Waals surface area contributed by atoms with Gasteiger partial charge in [0.2, 0.25) is 0 Å². The summed E-state index contributed by atoms with van der Waals surface area (Å²) < 4.78 is 5.03. The van der Waals surface area contributed by atoms with E-state index in [0.717, 1.165) is 0 Å². The zero-order valence-corrected chi connectivity index (χ0v) is 12.5. The summed E-state index contributed by atoms with van der Waals surface area (Å²) in [7, 11) is 0. The molecule has 1 aromatic rings. The second-order valence-corrected chi connectivity index (χ2v) is 5.29. The third-order valence-electron chi connectivity index (χ3n) is 2.21. The number of hydrogen-bond donors (Lipinski definition) is 1. The molecule has 0 atom stereocenters. The normalized spacial score (nSPS) is 9.91. The molecule has 0 aromatic heterocycles. The van der Waals surface area contributed by atoms with Crippen molar-refractivity contribution in [2.24, 2.45) is 0 Å². The SMILES string of the molecule is CC(C)(C)OC(=O)NCC#Cc1cc(C#N)cc([N+](=O)[O-])c1. The van der Waals surface area contributed by atoms with E-state index in [1.165, 1.54) is 18.2 Å². The van der Waals surface area contributed by atoms with Gasteiger partial charge in [-0.3, -0.25) is 10.1 Å². The Morgan fingerprint density at radius 1 is 1.36 bits per heavy atom. The van der Waals surface area contributed by atoms with E-state index in [1.54, 1.807) is 20.8 Å². The average molecular weight is 301 g/mol. The number of nitro groups is 1. The molecule has 1 amide bonds. The van der Waals surface area contributed by atoms with Gasteiger partial charge in [0.1, 0.15) is 5.60 Å². The highest BCUT2D eigenvalue weighted by Crippen LogP contribution is 2.16. The van der Waals surface area contributed by atoms with Crippen molar-refractivity contribution in [3.05, 3.63) is 39.4 Å². The van der Waals surface area contributed by atoms with E-state index < -0.39 is 16.6 Å². The molecule has 7 heteroatoms. The van der Waals surface area contributed by atoms with Gasteiger partial charge < -0.3 is 10.1 Å². The number of amides is 1. The fourth-order valence-electron chi connectivity index (χ4n) is 1.43. The van der Waals surface area contributed by atoms with Crippen LogP contribution in [0.5, 0.6) is 0 Å². The van der Waals surface area contributed by atoms with Crippen molar-refractivity contribution in [3.8, 4) is 17.9 Å². The standard InChI is InChI=1S/C15H15N3O4/c1-15(2,3)22-14(19)17-6-4-5-11-7-12(10-16)9-13(8-11)18(20)21/h7-9H,6H2,1-3H3,(H,17,19). The van der Waals surface area contributed by atoms with Crippen LogP contribution >= 0.6 is 0 Å². The second-order valence-electron chi connectivity index (χ2n) is 5.29. The van der Waals surface area contributed by atoms with Gasteiger partial charge in [0.05, 0.1) is 23.1 Å². The lowest BCUT2D eigenvalue weighted by molar-refractivity contribution is -0.384. The van der Waals surface area contributed by atoms with Crippen molar-refractivity contribution in [2.45, 2.75) is 26.4 Å². The van der Waals surface area contributed by atoms with E-state index in [1.807, 2.05) is 6.07 Å². The van der Waals surface area contributed by atoms with Crippen LogP contribution in [-0.4, -0.2) is 23.2 Å². The number of rotatable bonds is 2. The molecule has 0 aliphatic carbocycles. The second kappa shape index (κ2) is 7.09. The largest absolute Gasteiger partial charge is 0.444 e. The van der Waals surface area contributed by atoms with Crippen molar-refractivity contribution in [1.82, 2.24) is 5.32 Å². The Labute approximate surface area is 128 Å². The average Bonchev–Trinajstić information content (AvgIpc) is 2.41. The van der Waals surface area contributed by atoms with E-state index in [9.17, 15) is 14.9 Å². The molecule has 114 valence electrons. The fraction of sp³-hybridized carbons (Fsp3) is 0.333. The Morgan fingerprint density at radius 2 is 2.00 bits per heavy atom. The summed E-state index contributed by atoms with van der Waals surface area (Å²) >= 11 is 0. The first kappa shape index (κ1) is 17.0. The summed E-state index contributed by atoms with van der Waals surface area (Å²) in [6.07, 6.45) is -0.599. The lowest BCUT2D eigenvalue weighted by Gasteiger charge is -2.18. The van der Waals surface area contributed by atoms with Crippen LogP contribution in [0.25, 0.3) is 0 Å². The van der Waals surface area contributed by atoms with Gasteiger partial charge in [0.15, 0.2) is 0 Å². The number of carbonyl (C=O) groups excluding carboxylic acids is 1. The van der Waals surface area contributed by atoms with Gasteiger partial charge in [-0.2, -0.15) is 5.26 Å². The van der Waals surface area contributed by atoms with Crippen molar-refractivity contribution >= 4 is 11.8 Å². The zero-order valence-electron chi connectivity index (χ0n) is 12.5. The lowest BCUT2D eigenvalue weighted by Crippen LogP contribution is -2.32. The molecule has 0 saturated carbocycles. The topological polar surface area (TPSA) is 105 Å². The number of carbonyl (C=O) groups is 1. The Hall–Kier alpha value is -3.06. The minimum absolute atomic E-state index is 0.0273. The Bertz CT molecular complexity index is 687. The van der Waals surface area contributed by atoms with Crippen molar-refractivity contribution in [3.63, 3.8) is 0 Å². The summed E-state index contributed by atoms with van der Waals surface area (Å²) in [4.78, 5) is 21.5. The molecule has 0 unspecified atom stereocenters. The summed E-state index contributed by atoms with van der Waals surface area (Å²) in [5.41, 5.74) is -0.321. The van der Waals surface area contributed by atoms with Crippen LogP contribution in [0.3, 0.4) is 0 Å². The van der Waals surface area contributed by atoms with Crippen LogP contribution in [0.4, 0.5) is 10.5 Å². The highest BCUT2D eigenvalue weighted by atomic mass is 16.6. The molecular weight excluding hydrogens is 286 g/mol. The molecule has 0 heterocycles. The predicted molar refractivity (Wildman–Crippen MR) is 78.9 cm³/mol. The van der Waals surface area contributed by atoms with E-state index >= 15 is 0 Å². The van der Waals surface area contributed by atoms with Gasteiger partial charge in [0, 0.05) is 17.7 Å². The van der Waals surface area contributed by atoms with Crippen LogP contribution < -0.4 is 5.32 Å². The smallest absolute Gasteiger partial charge is 0.408 e. The molecule has 0 spiro atoms. The van der Waals surface area contributed by atoms with Crippen molar-refractivity contribution in [2.75, 3.05) is 6.54 Å². The first-order valence-corrected chi connectivity index (χ1v) is 6.36. The molecule has 1 rings (SSSR count). The number of hydrogen-bond acceptors (Lipinski definition) is 5. The number of ether oxygens (including phenoxy) is 1. The number of nitrogens with zero attached hydrogens (tertiary/aromatic N) is 2. The monoisotopic (exact) mass is 301 g/mol. The van der Waals surface area contributed by atoms with E-state index in [0.29, 0.717) is 5.56 Å². The molecule has 0 saturated heterocycles. The van der Waals surface area contributed by atoms with Gasteiger partial charge in [-0.15, -0.1) is 0 Å². The molecule has 22 heavy (non-hydrogen) atoms. The Kier molecular flexibility index (Phi) is 5.48. The first-order valence-electron chi connectivity index (χ1n) is 6.36.